The molecule has 1 aromatic rings. The third-order valence-electron chi connectivity index (χ3n) is 2.26. The maximum absolute atomic E-state index is 11.3. The highest BCUT2D eigenvalue weighted by atomic mass is 16.5. The molecular formula is C11H14O4. The lowest BCUT2D eigenvalue weighted by molar-refractivity contribution is 0.101. The predicted octanol–water partition coefficient (Wildman–Crippen LogP) is 1.76. The number of carbonyl (C=O) groups excluding carboxylic acids is 1. The number of benzene rings is 1. The Morgan fingerprint density at radius 1 is 1.47 bits per heavy atom. The van der Waals surface area contributed by atoms with E-state index in [2.05, 4.69) is 0 Å². The van der Waals surface area contributed by atoms with Crippen molar-refractivity contribution in [2.45, 2.75) is 20.5 Å². The Kier molecular flexibility index (Phi) is 3.31. The van der Waals surface area contributed by atoms with E-state index in [1.807, 2.05) is 0 Å². The molecule has 0 saturated carbocycles. The van der Waals surface area contributed by atoms with Gasteiger partial charge in [-0.3, -0.25) is 4.79 Å². The molecule has 0 heterocycles. The van der Waals surface area contributed by atoms with Gasteiger partial charge in [-0.15, -0.1) is 0 Å². The summed E-state index contributed by atoms with van der Waals surface area (Å²) in [7, 11) is 1.48. The van der Waals surface area contributed by atoms with Gasteiger partial charge in [0.25, 0.3) is 0 Å². The van der Waals surface area contributed by atoms with E-state index >= 15 is 0 Å². The summed E-state index contributed by atoms with van der Waals surface area (Å²) >= 11 is 0. The molecule has 0 radical (unpaired) electrons. The maximum Gasteiger partial charge on any atom is 0.163 e. The van der Waals surface area contributed by atoms with Crippen molar-refractivity contribution in [2.75, 3.05) is 7.11 Å². The number of hydrogen-bond donors (Lipinski definition) is 2. The topological polar surface area (TPSA) is 66.8 Å². The summed E-state index contributed by atoms with van der Waals surface area (Å²) < 4.78 is 4.89. The zero-order valence-electron chi connectivity index (χ0n) is 9.00. The van der Waals surface area contributed by atoms with Crippen molar-refractivity contribution in [2.24, 2.45) is 0 Å². The molecule has 0 fully saturated rings. The van der Waals surface area contributed by atoms with Gasteiger partial charge in [0, 0.05) is 12.7 Å². The number of ketones is 1. The number of Topliss-reactive ketones (excluding diaryl/α,β-unsaturated/α-hetero) is 1. The minimum atomic E-state index is -0.248. The van der Waals surface area contributed by atoms with E-state index in [9.17, 15) is 15.0 Å². The van der Waals surface area contributed by atoms with Gasteiger partial charge in [0.05, 0.1) is 12.2 Å². The minimum absolute atomic E-state index is 0.0375. The van der Waals surface area contributed by atoms with Crippen LogP contribution in [0.5, 0.6) is 11.5 Å². The Labute approximate surface area is 88.1 Å². The Morgan fingerprint density at radius 2 is 2.07 bits per heavy atom. The Morgan fingerprint density at radius 3 is 2.53 bits per heavy atom. The third kappa shape index (κ3) is 2.10. The van der Waals surface area contributed by atoms with Crippen LogP contribution < -0.4 is 0 Å². The standard InChI is InChI=1S/C11H14O4/c1-6-9(13)4-8(5-15-3)10(7(2)12)11(6)14/h4,13-14H,5H2,1-3H3. The van der Waals surface area contributed by atoms with Gasteiger partial charge in [-0.1, -0.05) is 0 Å². The normalized spacial score (nSPS) is 10.3. The highest BCUT2D eigenvalue weighted by molar-refractivity contribution is 5.99. The summed E-state index contributed by atoms with van der Waals surface area (Å²) in [5.74, 6) is -0.457. The van der Waals surface area contributed by atoms with E-state index in [0.717, 1.165) is 0 Å². The van der Waals surface area contributed by atoms with Crippen molar-refractivity contribution in [3.63, 3.8) is 0 Å². The fraction of sp³-hybridized carbons (Fsp3) is 0.364. The number of phenols is 2. The molecule has 0 atom stereocenters. The van der Waals surface area contributed by atoms with Crippen LogP contribution in [0.1, 0.15) is 28.4 Å². The molecule has 0 amide bonds. The van der Waals surface area contributed by atoms with Crippen LogP contribution in [-0.4, -0.2) is 23.1 Å². The van der Waals surface area contributed by atoms with Crippen molar-refractivity contribution in [1.29, 1.82) is 0 Å². The number of methoxy groups -OCH3 is 1. The van der Waals surface area contributed by atoms with Gasteiger partial charge in [0.15, 0.2) is 5.78 Å². The maximum atomic E-state index is 11.3. The van der Waals surface area contributed by atoms with Crippen LogP contribution in [0.4, 0.5) is 0 Å². The predicted molar refractivity (Wildman–Crippen MR) is 55.2 cm³/mol. The van der Waals surface area contributed by atoms with Crippen molar-refractivity contribution < 1.29 is 19.7 Å². The average Bonchev–Trinajstić information content (AvgIpc) is 2.14. The van der Waals surface area contributed by atoms with E-state index in [0.29, 0.717) is 11.1 Å². The fourth-order valence-electron chi connectivity index (χ4n) is 1.47. The molecule has 0 aliphatic rings. The second-order valence-electron chi connectivity index (χ2n) is 3.39. The number of rotatable bonds is 3. The Hall–Kier alpha value is -1.55. The number of phenolic OH excluding ortho intramolecular Hbond substituents is 2. The highest BCUT2D eigenvalue weighted by Gasteiger charge is 2.17. The third-order valence-corrected chi connectivity index (χ3v) is 2.26. The van der Waals surface area contributed by atoms with Crippen LogP contribution >= 0.6 is 0 Å². The Bertz CT molecular complexity index is 396. The Balaban J connectivity index is 3.43. The van der Waals surface area contributed by atoms with Crippen molar-refractivity contribution in [3.8, 4) is 11.5 Å². The lowest BCUT2D eigenvalue weighted by atomic mass is 9.99. The van der Waals surface area contributed by atoms with Crippen molar-refractivity contribution in [1.82, 2.24) is 0 Å². The van der Waals surface area contributed by atoms with Crippen LogP contribution in [0.2, 0.25) is 0 Å². The SMILES string of the molecule is COCc1cc(O)c(C)c(O)c1C(C)=O. The molecule has 0 spiro atoms. The monoisotopic (exact) mass is 210 g/mol. The van der Waals surface area contributed by atoms with Gasteiger partial charge in [0.1, 0.15) is 11.5 Å². The van der Waals surface area contributed by atoms with E-state index in [1.54, 1.807) is 6.92 Å². The number of ether oxygens (including phenoxy) is 1. The molecule has 1 rings (SSSR count). The van der Waals surface area contributed by atoms with Crippen LogP contribution in [-0.2, 0) is 11.3 Å². The largest absolute Gasteiger partial charge is 0.508 e. The quantitative estimate of drug-likeness (QED) is 0.746. The molecule has 4 heteroatoms. The lowest BCUT2D eigenvalue weighted by Crippen LogP contribution is -2.02. The molecular weight excluding hydrogens is 196 g/mol. The average molecular weight is 210 g/mol. The first kappa shape index (κ1) is 11.5. The van der Waals surface area contributed by atoms with Crippen LogP contribution in [0.15, 0.2) is 6.07 Å². The van der Waals surface area contributed by atoms with Crippen molar-refractivity contribution in [3.05, 3.63) is 22.8 Å². The van der Waals surface area contributed by atoms with Gasteiger partial charge in [0.2, 0.25) is 0 Å². The molecule has 0 aliphatic heterocycles. The summed E-state index contributed by atoms with van der Waals surface area (Å²) in [6.45, 7) is 3.09. The lowest BCUT2D eigenvalue weighted by Gasteiger charge is -2.12. The van der Waals surface area contributed by atoms with E-state index in [-0.39, 0.29) is 29.5 Å². The molecule has 4 nitrogen and oxygen atoms in total. The molecule has 82 valence electrons. The van der Waals surface area contributed by atoms with Crippen molar-refractivity contribution >= 4 is 5.78 Å². The van der Waals surface area contributed by atoms with Gasteiger partial charge in [-0.25, -0.2) is 0 Å². The number of aromatic hydroxyl groups is 2. The second kappa shape index (κ2) is 4.31. The van der Waals surface area contributed by atoms with E-state index < -0.39 is 0 Å². The summed E-state index contributed by atoms with van der Waals surface area (Å²) in [5.41, 5.74) is 1.01. The zero-order valence-corrected chi connectivity index (χ0v) is 9.00. The molecule has 0 aliphatic carbocycles. The molecule has 15 heavy (non-hydrogen) atoms. The summed E-state index contributed by atoms with van der Waals surface area (Å²) in [5, 5.41) is 19.2. The van der Waals surface area contributed by atoms with Gasteiger partial charge in [-0.2, -0.15) is 0 Å². The van der Waals surface area contributed by atoms with Gasteiger partial charge >= 0.3 is 0 Å². The summed E-state index contributed by atoms with van der Waals surface area (Å²) in [6, 6.07) is 1.44. The number of carbonyl (C=O) groups is 1. The summed E-state index contributed by atoms with van der Waals surface area (Å²) in [6.07, 6.45) is 0. The van der Waals surface area contributed by atoms with Gasteiger partial charge in [-0.05, 0) is 25.5 Å². The van der Waals surface area contributed by atoms with Gasteiger partial charge < -0.3 is 14.9 Å². The fourth-order valence-corrected chi connectivity index (χ4v) is 1.47. The molecule has 0 bridgehead atoms. The smallest absolute Gasteiger partial charge is 0.163 e. The van der Waals surface area contributed by atoms with Crippen LogP contribution in [0, 0.1) is 6.92 Å². The van der Waals surface area contributed by atoms with E-state index in [1.165, 1.54) is 20.1 Å². The molecule has 0 aromatic heterocycles. The summed E-state index contributed by atoms with van der Waals surface area (Å²) in [4.78, 5) is 11.3. The van der Waals surface area contributed by atoms with Crippen LogP contribution in [0.3, 0.4) is 0 Å². The molecule has 0 saturated heterocycles. The first-order valence-corrected chi connectivity index (χ1v) is 4.53. The molecule has 1 aromatic carbocycles. The molecule has 2 N–H and O–H groups in total. The number of hydrogen-bond acceptors (Lipinski definition) is 4. The first-order valence-electron chi connectivity index (χ1n) is 4.53. The zero-order chi connectivity index (χ0) is 11.6. The van der Waals surface area contributed by atoms with E-state index in [4.69, 9.17) is 4.74 Å². The first-order chi connectivity index (χ1) is 6.99. The second-order valence-corrected chi connectivity index (χ2v) is 3.39. The van der Waals surface area contributed by atoms with Crippen LogP contribution in [0.25, 0.3) is 0 Å². The minimum Gasteiger partial charge on any atom is -0.508 e. The molecule has 0 unspecified atom stereocenters. The highest BCUT2D eigenvalue weighted by Crippen LogP contribution is 2.33.